The van der Waals surface area contributed by atoms with Crippen LogP contribution in [0.4, 0.5) is 0 Å². The molecule has 0 radical (unpaired) electrons. The van der Waals surface area contributed by atoms with E-state index in [9.17, 15) is 0 Å². The largest absolute Gasteiger partial charge is 0.330 e. The predicted octanol–water partition coefficient (Wildman–Crippen LogP) is 2.29. The van der Waals surface area contributed by atoms with Crippen molar-refractivity contribution in [3.63, 3.8) is 0 Å². The Bertz CT molecular complexity index is 272. The van der Waals surface area contributed by atoms with Gasteiger partial charge in [0.25, 0.3) is 0 Å². The number of thiazole rings is 1. The smallest absolute Gasteiger partial charge is 0.0794 e. The highest BCUT2D eigenvalue weighted by molar-refractivity contribution is 7.07. The van der Waals surface area contributed by atoms with Crippen LogP contribution >= 0.6 is 11.3 Å². The van der Waals surface area contributed by atoms with E-state index in [-0.39, 0.29) is 0 Å². The first-order chi connectivity index (χ1) is 8.22. The minimum absolute atomic E-state index is 0.668. The van der Waals surface area contributed by atoms with E-state index in [1.54, 1.807) is 11.3 Å². The van der Waals surface area contributed by atoms with E-state index in [0.717, 1.165) is 32.0 Å². The van der Waals surface area contributed by atoms with E-state index in [0.29, 0.717) is 5.92 Å². The fourth-order valence-corrected chi connectivity index (χ4v) is 2.60. The molecular formula is C13H25N3S. The molecule has 3 nitrogen and oxygen atoms in total. The van der Waals surface area contributed by atoms with Crippen LogP contribution in [-0.2, 0) is 6.42 Å². The lowest BCUT2D eigenvalue weighted by molar-refractivity contribution is 0.386. The lowest BCUT2D eigenvalue weighted by atomic mass is 9.94. The summed E-state index contributed by atoms with van der Waals surface area (Å²) >= 11 is 1.66. The highest BCUT2D eigenvalue weighted by Crippen LogP contribution is 2.13. The third-order valence-corrected chi connectivity index (χ3v) is 3.54. The van der Waals surface area contributed by atoms with Crippen molar-refractivity contribution in [1.29, 1.82) is 0 Å². The lowest BCUT2D eigenvalue weighted by Gasteiger charge is -2.17. The zero-order valence-electron chi connectivity index (χ0n) is 11.0. The Morgan fingerprint density at radius 3 is 2.82 bits per heavy atom. The number of nitrogens with zero attached hydrogens (tertiary/aromatic N) is 1. The number of hydrogen-bond acceptors (Lipinski definition) is 4. The molecule has 1 atom stereocenters. The lowest BCUT2D eigenvalue weighted by Crippen LogP contribution is -2.24. The van der Waals surface area contributed by atoms with Gasteiger partial charge in [0.2, 0.25) is 0 Å². The van der Waals surface area contributed by atoms with Crippen LogP contribution in [0.1, 0.15) is 32.4 Å². The van der Waals surface area contributed by atoms with E-state index in [1.807, 2.05) is 5.51 Å². The molecule has 1 unspecified atom stereocenters. The van der Waals surface area contributed by atoms with Crippen LogP contribution in [0.2, 0.25) is 0 Å². The Morgan fingerprint density at radius 2 is 2.24 bits per heavy atom. The summed E-state index contributed by atoms with van der Waals surface area (Å²) in [4.78, 5) is 4.26. The number of nitrogens with two attached hydrogens (primary N) is 1. The Labute approximate surface area is 109 Å². The third-order valence-electron chi connectivity index (χ3n) is 2.91. The average molecular weight is 255 g/mol. The molecule has 0 aliphatic rings. The van der Waals surface area contributed by atoms with Gasteiger partial charge in [-0.1, -0.05) is 13.8 Å². The van der Waals surface area contributed by atoms with Gasteiger partial charge in [-0.2, -0.15) is 0 Å². The SMILES string of the molecule is CC(C)CC(CN)CCNCCc1cscn1. The van der Waals surface area contributed by atoms with Crippen molar-refractivity contribution in [2.75, 3.05) is 19.6 Å². The molecular weight excluding hydrogens is 230 g/mol. The van der Waals surface area contributed by atoms with E-state index < -0.39 is 0 Å². The first-order valence-electron chi connectivity index (χ1n) is 6.50. The molecule has 98 valence electrons. The van der Waals surface area contributed by atoms with Gasteiger partial charge >= 0.3 is 0 Å². The molecule has 0 saturated heterocycles. The summed E-state index contributed by atoms with van der Waals surface area (Å²) in [5.41, 5.74) is 8.86. The summed E-state index contributed by atoms with van der Waals surface area (Å²) in [6, 6.07) is 0. The van der Waals surface area contributed by atoms with Crippen molar-refractivity contribution in [1.82, 2.24) is 10.3 Å². The third kappa shape index (κ3) is 6.76. The highest BCUT2D eigenvalue weighted by Gasteiger charge is 2.08. The molecule has 1 aromatic rings. The Kier molecular flexibility index (Phi) is 7.40. The fraction of sp³-hybridized carbons (Fsp3) is 0.769. The summed E-state index contributed by atoms with van der Waals surface area (Å²) in [6.07, 6.45) is 3.46. The van der Waals surface area contributed by atoms with E-state index >= 15 is 0 Å². The maximum Gasteiger partial charge on any atom is 0.0794 e. The van der Waals surface area contributed by atoms with Crippen LogP contribution in [0.15, 0.2) is 10.9 Å². The maximum atomic E-state index is 5.78. The molecule has 0 saturated carbocycles. The predicted molar refractivity (Wildman–Crippen MR) is 75.3 cm³/mol. The molecule has 0 aromatic carbocycles. The fourth-order valence-electron chi connectivity index (χ4n) is 2.01. The zero-order chi connectivity index (χ0) is 12.5. The number of hydrogen-bond donors (Lipinski definition) is 2. The van der Waals surface area contributed by atoms with Crippen molar-refractivity contribution >= 4 is 11.3 Å². The average Bonchev–Trinajstić information content (AvgIpc) is 2.79. The molecule has 1 rings (SSSR count). The number of aromatic nitrogens is 1. The Hall–Kier alpha value is -0.450. The van der Waals surface area contributed by atoms with Gasteiger partial charge in [0.15, 0.2) is 0 Å². The molecule has 0 bridgehead atoms. The van der Waals surface area contributed by atoms with E-state index in [2.05, 4.69) is 29.5 Å². The molecule has 17 heavy (non-hydrogen) atoms. The van der Waals surface area contributed by atoms with Crippen LogP contribution in [-0.4, -0.2) is 24.6 Å². The molecule has 0 aliphatic carbocycles. The molecule has 4 heteroatoms. The number of rotatable bonds is 9. The summed E-state index contributed by atoms with van der Waals surface area (Å²) in [5, 5.41) is 5.58. The van der Waals surface area contributed by atoms with Crippen molar-refractivity contribution < 1.29 is 0 Å². The highest BCUT2D eigenvalue weighted by atomic mass is 32.1. The van der Waals surface area contributed by atoms with E-state index in [4.69, 9.17) is 5.73 Å². The first-order valence-corrected chi connectivity index (χ1v) is 7.44. The van der Waals surface area contributed by atoms with Gasteiger partial charge in [-0.05, 0) is 37.8 Å². The van der Waals surface area contributed by atoms with Crippen molar-refractivity contribution in [3.05, 3.63) is 16.6 Å². The van der Waals surface area contributed by atoms with Gasteiger partial charge in [-0.25, -0.2) is 4.98 Å². The minimum atomic E-state index is 0.668. The molecule has 0 fully saturated rings. The molecule has 0 amide bonds. The van der Waals surface area contributed by atoms with Crippen LogP contribution in [0.5, 0.6) is 0 Å². The molecule has 0 aliphatic heterocycles. The summed E-state index contributed by atoms with van der Waals surface area (Å²) in [5.74, 6) is 1.42. The normalized spacial score (nSPS) is 13.2. The van der Waals surface area contributed by atoms with Gasteiger partial charge in [-0.15, -0.1) is 11.3 Å². The molecule has 0 spiro atoms. The van der Waals surface area contributed by atoms with Gasteiger partial charge in [0.1, 0.15) is 0 Å². The van der Waals surface area contributed by atoms with Gasteiger partial charge in [0.05, 0.1) is 11.2 Å². The van der Waals surface area contributed by atoms with E-state index in [1.165, 1.54) is 18.5 Å². The molecule has 3 N–H and O–H groups in total. The second kappa shape index (κ2) is 8.61. The quantitative estimate of drug-likeness (QED) is 0.666. The van der Waals surface area contributed by atoms with Gasteiger partial charge in [-0.3, -0.25) is 0 Å². The molecule has 1 aromatic heterocycles. The monoisotopic (exact) mass is 255 g/mol. The first kappa shape index (κ1) is 14.6. The Balaban J connectivity index is 2.02. The second-order valence-electron chi connectivity index (χ2n) is 5.00. The zero-order valence-corrected chi connectivity index (χ0v) is 11.8. The standard InChI is InChI=1S/C13H25N3S/c1-11(2)7-12(8-14)3-5-15-6-4-13-9-17-10-16-13/h9-12,15H,3-8,14H2,1-2H3. The van der Waals surface area contributed by atoms with Crippen molar-refractivity contribution in [3.8, 4) is 0 Å². The van der Waals surface area contributed by atoms with Crippen LogP contribution < -0.4 is 11.1 Å². The van der Waals surface area contributed by atoms with Crippen LogP contribution in [0.3, 0.4) is 0 Å². The van der Waals surface area contributed by atoms with Crippen molar-refractivity contribution in [2.24, 2.45) is 17.6 Å². The minimum Gasteiger partial charge on any atom is -0.330 e. The Morgan fingerprint density at radius 1 is 1.41 bits per heavy atom. The topological polar surface area (TPSA) is 50.9 Å². The second-order valence-corrected chi connectivity index (χ2v) is 5.72. The molecule has 1 heterocycles. The summed E-state index contributed by atoms with van der Waals surface area (Å²) in [7, 11) is 0. The van der Waals surface area contributed by atoms with Crippen LogP contribution in [0, 0.1) is 11.8 Å². The summed E-state index contributed by atoms with van der Waals surface area (Å²) in [6.45, 7) is 7.42. The maximum absolute atomic E-state index is 5.78. The van der Waals surface area contributed by atoms with Crippen molar-refractivity contribution in [2.45, 2.75) is 33.1 Å². The van der Waals surface area contributed by atoms with Crippen LogP contribution in [0.25, 0.3) is 0 Å². The van der Waals surface area contributed by atoms with Gasteiger partial charge in [0, 0.05) is 18.3 Å². The number of nitrogens with one attached hydrogen (secondary N) is 1. The summed E-state index contributed by atoms with van der Waals surface area (Å²) < 4.78 is 0. The van der Waals surface area contributed by atoms with Gasteiger partial charge < -0.3 is 11.1 Å².